The lowest BCUT2D eigenvalue weighted by Gasteiger charge is -2.26. The number of methoxy groups -OCH3 is 2. The SMILES string of the molecule is CCc1ccc(N2C(=O)C(=O)/C(=C(/O)c3cc(Cl)c(OC)cc3OC)C2c2ccc(F)cc2)cc1. The van der Waals surface area contributed by atoms with Crippen LogP contribution in [-0.4, -0.2) is 31.0 Å². The number of ketones is 1. The Hall–Kier alpha value is -3.84. The average Bonchev–Trinajstić information content (AvgIpc) is 3.14. The molecule has 1 N–H and O–H groups in total. The molecule has 1 saturated heterocycles. The number of Topliss-reactive ketones (excluding diaryl/α,β-unsaturated/α-hetero) is 1. The minimum atomic E-state index is -1.01. The van der Waals surface area contributed by atoms with E-state index in [1.807, 2.05) is 19.1 Å². The third kappa shape index (κ3) is 4.35. The van der Waals surface area contributed by atoms with Crippen molar-refractivity contribution in [2.24, 2.45) is 0 Å². The number of halogens is 2. The van der Waals surface area contributed by atoms with Gasteiger partial charge < -0.3 is 14.6 Å². The minimum absolute atomic E-state index is 0.116. The van der Waals surface area contributed by atoms with E-state index in [0.717, 1.165) is 12.0 Å². The van der Waals surface area contributed by atoms with Crippen LogP contribution < -0.4 is 14.4 Å². The fourth-order valence-electron chi connectivity index (χ4n) is 4.14. The molecule has 0 aliphatic carbocycles. The number of aryl methyl sites for hydroxylation is 1. The van der Waals surface area contributed by atoms with Gasteiger partial charge in [0.25, 0.3) is 11.7 Å². The number of ether oxygens (including phenoxy) is 2. The van der Waals surface area contributed by atoms with Gasteiger partial charge in [-0.25, -0.2) is 4.39 Å². The second-order valence-electron chi connectivity index (χ2n) is 7.93. The number of aliphatic hydroxyl groups is 1. The number of benzene rings is 3. The van der Waals surface area contributed by atoms with Crippen molar-refractivity contribution in [3.05, 3.63) is 93.8 Å². The number of carbonyl (C=O) groups is 2. The van der Waals surface area contributed by atoms with Gasteiger partial charge in [-0.2, -0.15) is 0 Å². The highest BCUT2D eigenvalue weighted by atomic mass is 35.5. The van der Waals surface area contributed by atoms with Crippen LogP contribution in [0.1, 0.15) is 29.7 Å². The molecule has 0 spiro atoms. The van der Waals surface area contributed by atoms with Crippen LogP contribution in [0.5, 0.6) is 11.5 Å². The van der Waals surface area contributed by atoms with Gasteiger partial charge in [0.15, 0.2) is 0 Å². The maximum absolute atomic E-state index is 13.7. The van der Waals surface area contributed by atoms with Gasteiger partial charge in [0.05, 0.1) is 36.4 Å². The van der Waals surface area contributed by atoms with Crippen LogP contribution in [0, 0.1) is 5.82 Å². The number of hydrogen-bond donors (Lipinski definition) is 1. The van der Waals surface area contributed by atoms with E-state index in [-0.39, 0.29) is 21.9 Å². The molecule has 6 nitrogen and oxygen atoms in total. The lowest BCUT2D eigenvalue weighted by Crippen LogP contribution is -2.29. The van der Waals surface area contributed by atoms with Crippen LogP contribution in [0.2, 0.25) is 5.02 Å². The first-order valence-electron chi connectivity index (χ1n) is 10.9. The zero-order valence-corrected chi connectivity index (χ0v) is 20.1. The molecule has 1 aliphatic heterocycles. The zero-order chi connectivity index (χ0) is 25.3. The molecule has 0 saturated carbocycles. The van der Waals surface area contributed by atoms with Gasteiger partial charge in [-0.05, 0) is 47.9 Å². The van der Waals surface area contributed by atoms with Crippen molar-refractivity contribution in [3.8, 4) is 11.5 Å². The van der Waals surface area contributed by atoms with E-state index < -0.39 is 29.3 Å². The van der Waals surface area contributed by atoms with Crippen molar-refractivity contribution in [2.75, 3.05) is 19.1 Å². The summed E-state index contributed by atoms with van der Waals surface area (Å²) in [5.41, 5.74) is 1.93. The second kappa shape index (κ2) is 9.80. The van der Waals surface area contributed by atoms with Crippen LogP contribution in [0.4, 0.5) is 10.1 Å². The van der Waals surface area contributed by atoms with Crippen molar-refractivity contribution in [3.63, 3.8) is 0 Å². The monoisotopic (exact) mass is 495 g/mol. The number of amides is 1. The molecule has 180 valence electrons. The van der Waals surface area contributed by atoms with Gasteiger partial charge in [0, 0.05) is 11.8 Å². The fraction of sp³-hybridized carbons (Fsp3) is 0.185. The van der Waals surface area contributed by atoms with Crippen LogP contribution in [0.15, 0.2) is 66.2 Å². The highest BCUT2D eigenvalue weighted by Gasteiger charge is 2.47. The first kappa shape index (κ1) is 24.3. The van der Waals surface area contributed by atoms with Gasteiger partial charge in [-0.15, -0.1) is 0 Å². The van der Waals surface area contributed by atoms with E-state index in [9.17, 15) is 19.1 Å². The Bertz CT molecular complexity index is 1320. The largest absolute Gasteiger partial charge is 0.507 e. The summed E-state index contributed by atoms with van der Waals surface area (Å²) in [7, 11) is 2.83. The van der Waals surface area contributed by atoms with Gasteiger partial charge in [-0.1, -0.05) is 42.8 Å². The number of hydrogen-bond acceptors (Lipinski definition) is 5. The molecule has 3 aromatic rings. The fourth-order valence-corrected chi connectivity index (χ4v) is 4.38. The van der Waals surface area contributed by atoms with Crippen LogP contribution >= 0.6 is 11.6 Å². The molecular formula is C27H23ClFNO5. The smallest absolute Gasteiger partial charge is 0.300 e. The molecule has 1 aliphatic rings. The van der Waals surface area contributed by atoms with E-state index in [1.54, 1.807) is 12.1 Å². The number of anilines is 1. The molecule has 35 heavy (non-hydrogen) atoms. The molecule has 3 aromatic carbocycles. The first-order valence-corrected chi connectivity index (χ1v) is 11.3. The Labute approximate surface area is 207 Å². The highest BCUT2D eigenvalue weighted by Crippen LogP contribution is 2.44. The average molecular weight is 496 g/mol. The molecule has 0 radical (unpaired) electrons. The minimum Gasteiger partial charge on any atom is -0.507 e. The van der Waals surface area contributed by atoms with Crippen molar-refractivity contribution in [2.45, 2.75) is 19.4 Å². The topological polar surface area (TPSA) is 76.1 Å². The van der Waals surface area contributed by atoms with Crippen molar-refractivity contribution in [1.82, 2.24) is 0 Å². The highest BCUT2D eigenvalue weighted by molar-refractivity contribution is 6.51. The normalized spacial score (nSPS) is 17.1. The quantitative estimate of drug-likeness (QED) is 0.270. The van der Waals surface area contributed by atoms with Crippen LogP contribution in [-0.2, 0) is 16.0 Å². The summed E-state index contributed by atoms with van der Waals surface area (Å²) in [6.45, 7) is 2.01. The van der Waals surface area contributed by atoms with Gasteiger partial charge in [-0.3, -0.25) is 14.5 Å². The zero-order valence-electron chi connectivity index (χ0n) is 19.3. The number of aliphatic hydroxyl groups excluding tert-OH is 1. The molecule has 4 rings (SSSR count). The molecule has 8 heteroatoms. The Morgan fingerprint density at radius 1 is 1.00 bits per heavy atom. The summed E-state index contributed by atoms with van der Waals surface area (Å²) < 4.78 is 24.3. The summed E-state index contributed by atoms with van der Waals surface area (Å²) >= 11 is 6.28. The molecular weight excluding hydrogens is 473 g/mol. The van der Waals surface area contributed by atoms with Crippen molar-refractivity contribution in [1.29, 1.82) is 0 Å². The Morgan fingerprint density at radius 3 is 2.20 bits per heavy atom. The number of nitrogens with zero attached hydrogens (tertiary/aromatic N) is 1. The molecule has 0 bridgehead atoms. The Balaban J connectivity index is 1.96. The van der Waals surface area contributed by atoms with Crippen molar-refractivity contribution < 1.29 is 28.6 Å². The molecule has 1 amide bonds. The van der Waals surface area contributed by atoms with E-state index >= 15 is 0 Å². The third-order valence-electron chi connectivity index (χ3n) is 5.98. The van der Waals surface area contributed by atoms with Gasteiger partial charge in [0.2, 0.25) is 0 Å². The predicted molar refractivity (Wildman–Crippen MR) is 132 cm³/mol. The molecule has 1 fully saturated rings. The Morgan fingerprint density at radius 2 is 1.63 bits per heavy atom. The summed E-state index contributed by atoms with van der Waals surface area (Å²) in [6, 6.07) is 14.5. The lowest BCUT2D eigenvalue weighted by molar-refractivity contribution is -0.132. The van der Waals surface area contributed by atoms with E-state index in [0.29, 0.717) is 17.0 Å². The molecule has 1 heterocycles. The second-order valence-corrected chi connectivity index (χ2v) is 8.33. The van der Waals surface area contributed by atoms with E-state index in [2.05, 4.69) is 0 Å². The van der Waals surface area contributed by atoms with Crippen LogP contribution in [0.25, 0.3) is 5.76 Å². The van der Waals surface area contributed by atoms with Gasteiger partial charge in [0.1, 0.15) is 23.1 Å². The predicted octanol–water partition coefficient (Wildman–Crippen LogP) is 5.69. The molecule has 1 atom stereocenters. The maximum atomic E-state index is 13.7. The third-order valence-corrected chi connectivity index (χ3v) is 6.28. The number of carbonyl (C=O) groups excluding carboxylic acids is 2. The first-order chi connectivity index (χ1) is 16.8. The van der Waals surface area contributed by atoms with E-state index in [4.69, 9.17) is 21.1 Å². The van der Waals surface area contributed by atoms with Crippen LogP contribution in [0.3, 0.4) is 0 Å². The maximum Gasteiger partial charge on any atom is 0.300 e. The van der Waals surface area contributed by atoms with Gasteiger partial charge >= 0.3 is 0 Å². The molecule has 1 unspecified atom stereocenters. The number of rotatable bonds is 6. The molecule has 0 aromatic heterocycles. The summed E-state index contributed by atoms with van der Waals surface area (Å²) in [4.78, 5) is 27.9. The Kier molecular flexibility index (Phi) is 6.80. The standard InChI is InChI=1S/C27H23ClFNO5/c1-4-15-5-11-18(12-6-15)30-24(16-7-9-17(29)10-8-16)23(26(32)27(30)33)25(31)19-13-20(28)22(35-3)14-21(19)34-2/h5-14,24,31H,4H2,1-3H3/b25-23+. The summed E-state index contributed by atoms with van der Waals surface area (Å²) in [5, 5.41) is 11.5. The summed E-state index contributed by atoms with van der Waals surface area (Å²) in [5.74, 6) is -2.13. The van der Waals surface area contributed by atoms with Crippen molar-refractivity contribution >= 4 is 34.7 Å². The summed E-state index contributed by atoms with van der Waals surface area (Å²) in [6.07, 6.45) is 0.804. The lowest BCUT2D eigenvalue weighted by atomic mass is 9.94. The van der Waals surface area contributed by atoms with E-state index in [1.165, 1.54) is 55.5 Å².